The predicted octanol–water partition coefficient (Wildman–Crippen LogP) is 4.31. The highest BCUT2D eigenvalue weighted by molar-refractivity contribution is 7.99. The van der Waals surface area contributed by atoms with Gasteiger partial charge in [0.1, 0.15) is 5.82 Å². The van der Waals surface area contributed by atoms with E-state index < -0.39 is 0 Å². The number of benzene rings is 2. The molecule has 0 saturated heterocycles. The summed E-state index contributed by atoms with van der Waals surface area (Å²) in [7, 11) is 0. The molecule has 0 aliphatic carbocycles. The summed E-state index contributed by atoms with van der Waals surface area (Å²) >= 11 is 1.76. The van der Waals surface area contributed by atoms with Gasteiger partial charge in [0.25, 0.3) is 5.91 Å². The second-order valence-corrected chi connectivity index (χ2v) is 6.94. The van der Waals surface area contributed by atoms with E-state index in [1.165, 1.54) is 15.4 Å². The highest BCUT2D eigenvalue weighted by Gasteiger charge is 2.09. The molecule has 2 aromatic carbocycles. The Labute approximate surface area is 157 Å². The fourth-order valence-corrected chi connectivity index (χ4v) is 3.60. The first kappa shape index (κ1) is 18.0. The lowest BCUT2D eigenvalue weighted by atomic mass is 10.2. The number of anilines is 1. The van der Waals surface area contributed by atoms with E-state index in [1.807, 2.05) is 12.1 Å². The van der Waals surface area contributed by atoms with Crippen LogP contribution in [0.2, 0.25) is 0 Å². The molecule has 0 aliphatic rings. The summed E-state index contributed by atoms with van der Waals surface area (Å²) in [6.07, 6.45) is 2.59. The van der Waals surface area contributed by atoms with Gasteiger partial charge in [0.2, 0.25) is 0 Å². The molecule has 0 fully saturated rings. The van der Waals surface area contributed by atoms with Gasteiger partial charge in [0.05, 0.1) is 5.56 Å². The van der Waals surface area contributed by atoms with Crippen molar-refractivity contribution in [2.75, 3.05) is 5.73 Å². The number of nitrogens with two attached hydrogens (primary N) is 1. The number of carbonyl (C=O) groups is 1. The van der Waals surface area contributed by atoms with Crippen molar-refractivity contribution < 1.29 is 4.79 Å². The van der Waals surface area contributed by atoms with E-state index in [-0.39, 0.29) is 11.7 Å². The molecule has 0 spiro atoms. The molecule has 3 N–H and O–H groups in total. The van der Waals surface area contributed by atoms with E-state index in [0.717, 1.165) is 12.0 Å². The van der Waals surface area contributed by atoms with E-state index in [0.29, 0.717) is 12.1 Å². The van der Waals surface area contributed by atoms with Gasteiger partial charge in [-0.3, -0.25) is 4.79 Å². The van der Waals surface area contributed by atoms with Crippen LogP contribution < -0.4 is 11.1 Å². The number of rotatable bonds is 6. The Balaban J connectivity index is 1.61. The van der Waals surface area contributed by atoms with Crippen LogP contribution in [0.3, 0.4) is 0 Å². The molecule has 132 valence electrons. The maximum Gasteiger partial charge on any atom is 0.255 e. The first-order chi connectivity index (χ1) is 12.7. The minimum absolute atomic E-state index is 0.217. The Morgan fingerprint density at radius 2 is 1.85 bits per heavy atom. The highest BCUT2D eigenvalue weighted by atomic mass is 32.2. The summed E-state index contributed by atoms with van der Waals surface area (Å²) in [5.41, 5.74) is 8.52. The topological polar surface area (TPSA) is 68.0 Å². The first-order valence-corrected chi connectivity index (χ1v) is 9.32. The second-order valence-electron chi connectivity index (χ2n) is 5.83. The van der Waals surface area contributed by atoms with Crippen molar-refractivity contribution in [3.8, 4) is 0 Å². The number of hydrogen-bond donors (Lipinski definition) is 2. The van der Waals surface area contributed by atoms with Gasteiger partial charge >= 0.3 is 0 Å². The van der Waals surface area contributed by atoms with Crippen LogP contribution in [0.4, 0.5) is 5.82 Å². The van der Waals surface area contributed by atoms with Crippen molar-refractivity contribution in [1.29, 1.82) is 0 Å². The van der Waals surface area contributed by atoms with Crippen molar-refractivity contribution in [1.82, 2.24) is 10.3 Å². The fraction of sp³-hybridized carbons (Fsp3) is 0.143. The Morgan fingerprint density at radius 1 is 1.08 bits per heavy atom. The van der Waals surface area contributed by atoms with Crippen molar-refractivity contribution in [2.45, 2.75) is 29.7 Å². The van der Waals surface area contributed by atoms with Crippen LogP contribution in [0.15, 0.2) is 76.7 Å². The van der Waals surface area contributed by atoms with Crippen LogP contribution in [0, 0.1) is 0 Å². The third-order valence-corrected chi connectivity index (χ3v) is 5.17. The lowest BCUT2D eigenvalue weighted by Gasteiger charge is -2.09. The normalized spacial score (nSPS) is 10.5. The van der Waals surface area contributed by atoms with Crippen molar-refractivity contribution in [3.05, 3.63) is 83.6 Å². The SMILES string of the molecule is CCc1ccccc1Sc1ccc(CNC(=O)c2cccnc2N)cc1. The van der Waals surface area contributed by atoms with Crippen LogP contribution in [-0.4, -0.2) is 10.9 Å². The van der Waals surface area contributed by atoms with E-state index in [4.69, 9.17) is 5.73 Å². The van der Waals surface area contributed by atoms with Crippen LogP contribution in [-0.2, 0) is 13.0 Å². The number of pyridine rings is 1. The molecule has 0 bridgehead atoms. The standard InChI is InChI=1S/C21H21N3OS/c1-2-16-6-3-4-8-19(16)26-17-11-9-15(10-12-17)14-24-21(25)18-7-5-13-23-20(18)22/h3-13H,2,14H2,1H3,(H2,22,23)(H,24,25). The van der Waals surface area contributed by atoms with Crippen molar-refractivity contribution in [3.63, 3.8) is 0 Å². The molecule has 5 heteroatoms. The van der Waals surface area contributed by atoms with E-state index in [1.54, 1.807) is 30.1 Å². The number of nitrogen functional groups attached to an aromatic ring is 1. The second kappa shape index (κ2) is 8.54. The molecule has 26 heavy (non-hydrogen) atoms. The molecule has 0 atom stereocenters. The average molecular weight is 363 g/mol. The summed E-state index contributed by atoms with van der Waals surface area (Å²) in [5, 5.41) is 2.88. The molecule has 0 aliphatic heterocycles. The molecular weight excluding hydrogens is 342 g/mol. The molecule has 1 heterocycles. The quantitative estimate of drug-likeness (QED) is 0.685. The predicted molar refractivity (Wildman–Crippen MR) is 106 cm³/mol. The van der Waals surface area contributed by atoms with Crippen LogP contribution >= 0.6 is 11.8 Å². The van der Waals surface area contributed by atoms with E-state index in [2.05, 4.69) is 53.6 Å². The van der Waals surface area contributed by atoms with Gasteiger partial charge in [-0.1, -0.05) is 49.0 Å². The Bertz CT molecular complexity index is 894. The summed E-state index contributed by atoms with van der Waals surface area (Å²) in [6.45, 7) is 2.61. The van der Waals surface area contributed by atoms with Crippen LogP contribution in [0.5, 0.6) is 0 Å². The Kier molecular flexibility index (Phi) is 5.92. The zero-order chi connectivity index (χ0) is 18.4. The van der Waals surface area contributed by atoms with Crippen molar-refractivity contribution in [2.24, 2.45) is 0 Å². The average Bonchev–Trinajstić information content (AvgIpc) is 2.68. The van der Waals surface area contributed by atoms with Gasteiger partial charge in [-0.2, -0.15) is 0 Å². The minimum Gasteiger partial charge on any atom is -0.383 e. The Hall–Kier alpha value is -2.79. The molecule has 0 unspecified atom stereocenters. The monoisotopic (exact) mass is 363 g/mol. The summed E-state index contributed by atoms with van der Waals surface area (Å²) in [4.78, 5) is 18.6. The van der Waals surface area contributed by atoms with Gasteiger partial charge in [0.15, 0.2) is 0 Å². The number of aromatic nitrogens is 1. The summed E-state index contributed by atoms with van der Waals surface area (Å²) < 4.78 is 0. The third-order valence-electron chi connectivity index (χ3n) is 4.04. The molecule has 0 radical (unpaired) electrons. The number of carbonyl (C=O) groups excluding carboxylic acids is 1. The zero-order valence-electron chi connectivity index (χ0n) is 14.6. The fourth-order valence-electron chi connectivity index (χ4n) is 2.58. The van der Waals surface area contributed by atoms with Crippen molar-refractivity contribution >= 4 is 23.5 Å². The smallest absolute Gasteiger partial charge is 0.255 e. The zero-order valence-corrected chi connectivity index (χ0v) is 15.4. The van der Waals surface area contributed by atoms with Gasteiger partial charge < -0.3 is 11.1 Å². The largest absolute Gasteiger partial charge is 0.383 e. The third kappa shape index (κ3) is 4.43. The van der Waals surface area contributed by atoms with Crippen LogP contribution in [0.25, 0.3) is 0 Å². The molecule has 1 aromatic heterocycles. The van der Waals surface area contributed by atoms with E-state index >= 15 is 0 Å². The maximum absolute atomic E-state index is 12.2. The maximum atomic E-state index is 12.2. The number of nitrogens with one attached hydrogen (secondary N) is 1. The van der Waals surface area contributed by atoms with Gasteiger partial charge in [0, 0.05) is 22.5 Å². The van der Waals surface area contributed by atoms with Gasteiger partial charge in [-0.15, -0.1) is 0 Å². The summed E-state index contributed by atoms with van der Waals surface area (Å²) in [5.74, 6) is 0.0252. The number of hydrogen-bond acceptors (Lipinski definition) is 4. The summed E-state index contributed by atoms with van der Waals surface area (Å²) in [6, 6.07) is 20.0. The first-order valence-electron chi connectivity index (χ1n) is 8.50. The molecule has 0 saturated carbocycles. The lowest BCUT2D eigenvalue weighted by molar-refractivity contribution is 0.0951. The highest BCUT2D eigenvalue weighted by Crippen LogP contribution is 2.30. The minimum atomic E-state index is -0.217. The molecule has 3 aromatic rings. The number of amides is 1. The van der Waals surface area contributed by atoms with E-state index in [9.17, 15) is 4.79 Å². The Morgan fingerprint density at radius 3 is 2.58 bits per heavy atom. The molecule has 3 rings (SSSR count). The lowest BCUT2D eigenvalue weighted by Crippen LogP contribution is -2.24. The number of nitrogens with zero attached hydrogens (tertiary/aromatic N) is 1. The van der Waals surface area contributed by atoms with Crippen LogP contribution in [0.1, 0.15) is 28.4 Å². The van der Waals surface area contributed by atoms with Gasteiger partial charge in [-0.05, 0) is 47.9 Å². The number of aryl methyl sites for hydroxylation is 1. The van der Waals surface area contributed by atoms with Gasteiger partial charge in [-0.25, -0.2) is 4.98 Å². The molecular formula is C21H21N3OS. The molecule has 1 amide bonds. The molecule has 4 nitrogen and oxygen atoms in total.